The van der Waals surface area contributed by atoms with Crippen molar-refractivity contribution in [1.82, 2.24) is 15.5 Å². The Morgan fingerprint density at radius 1 is 0.971 bits per heavy atom. The van der Waals surface area contributed by atoms with Crippen molar-refractivity contribution in [3.8, 4) is 11.5 Å². The first-order valence-corrected chi connectivity index (χ1v) is 11.0. The molecule has 1 heterocycles. The van der Waals surface area contributed by atoms with Crippen LogP contribution in [-0.2, 0) is 22.6 Å². The Kier molecular flexibility index (Phi) is 8.89. The highest BCUT2D eigenvalue weighted by molar-refractivity contribution is 5.95. The molecule has 35 heavy (non-hydrogen) atoms. The summed E-state index contributed by atoms with van der Waals surface area (Å²) in [6, 6.07) is 16.9. The summed E-state index contributed by atoms with van der Waals surface area (Å²) >= 11 is 0. The lowest BCUT2D eigenvalue weighted by Gasteiger charge is -2.19. The zero-order valence-corrected chi connectivity index (χ0v) is 19.9. The van der Waals surface area contributed by atoms with E-state index < -0.39 is 11.9 Å². The molecule has 3 amide bonds. The minimum atomic E-state index is -0.809. The predicted molar refractivity (Wildman–Crippen MR) is 129 cm³/mol. The van der Waals surface area contributed by atoms with Crippen molar-refractivity contribution in [3.63, 3.8) is 0 Å². The maximum atomic E-state index is 13.0. The molecule has 184 valence electrons. The van der Waals surface area contributed by atoms with Crippen LogP contribution in [0.15, 0.2) is 71.3 Å². The SMILES string of the molecule is COc1cc(CNC(=O)C(Cc2ccccc2)NC(=O)c2ccco2)ccc1OCC(=O)N(C)C. The van der Waals surface area contributed by atoms with E-state index in [-0.39, 0.29) is 30.7 Å². The lowest BCUT2D eigenvalue weighted by atomic mass is 10.0. The zero-order chi connectivity index (χ0) is 25.2. The summed E-state index contributed by atoms with van der Waals surface area (Å²) in [4.78, 5) is 38.8. The quantitative estimate of drug-likeness (QED) is 0.437. The van der Waals surface area contributed by atoms with Crippen LogP contribution in [0.4, 0.5) is 0 Å². The van der Waals surface area contributed by atoms with Gasteiger partial charge in [0.05, 0.1) is 13.4 Å². The second kappa shape index (κ2) is 12.3. The molecule has 1 aromatic heterocycles. The van der Waals surface area contributed by atoms with Crippen LogP contribution in [0.5, 0.6) is 11.5 Å². The van der Waals surface area contributed by atoms with E-state index in [0.717, 1.165) is 11.1 Å². The highest BCUT2D eigenvalue weighted by Crippen LogP contribution is 2.28. The summed E-state index contributed by atoms with van der Waals surface area (Å²) in [6.07, 6.45) is 1.72. The molecular formula is C26H29N3O6. The van der Waals surface area contributed by atoms with Crippen LogP contribution in [0.1, 0.15) is 21.7 Å². The number of furan rings is 1. The number of hydrogen-bond acceptors (Lipinski definition) is 6. The van der Waals surface area contributed by atoms with Gasteiger partial charge in [0.15, 0.2) is 23.9 Å². The fourth-order valence-corrected chi connectivity index (χ4v) is 3.22. The number of nitrogens with one attached hydrogen (secondary N) is 2. The summed E-state index contributed by atoms with van der Waals surface area (Å²) in [7, 11) is 4.80. The first-order valence-electron chi connectivity index (χ1n) is 11.0. The smallest absolute Gasteiger partial charge is 0.287 e. The Hall–Kier alpha value is -4.27. The van der Waals surface area contributed by atoms with Crippen molar-refractivity contribution in [3.05, 3.63) is 83.8 Å². The summed E-state index contributed by atoms with van der Waals surface area (Å²) in [6.45, 7) is 0.0873. The van der Waals surface area contributed by atoms with Gasteiger partial charge in [-0.1, -0.05) is 36.4 Å². The highest BCUT2D eigenvalue weighted by atomic mass is 16.5. The van der Waals surface area contributed by atoms with Crippen molar-refractivity contribution in [1.29, 1.82) is 0 Å². The number of benzene rings is 2. The molecule has 0 saturated carbocycles. The molecule has 9 heteroatoms. The standard InChI is InChI=1S/C26H29N3O6/c1-29(2)24(30)17-35-21-12-11-19(15-23(21)33-3)16-27-25(31)20(14-18-8-5-4-6-9-18)28-26(32)22-10-7-13-34-22/h4-13,15,20H,14,16-17H2,1-3H3,(H,27,31)(H,28,32). The Bertz CT molecular complexity index is 1130. The summed E-state index contributed by atoms with van der Waals surface area (Å²) in [5.74, 6) is 0.000224. The van der Waals surface area contributed by atoms with E-state index in [0.29, 0.717) is 17.9 Å². The van der Waals surface area contributed by atoms with Crippen molar-refractivity contribution in [2.75, 3.05) is 27.8 Å². The van der Waals surface area contributed by atoms with Gasteiger partial charge >= 0.3 is 0 Å². The molecule has 3 aromatic rings. The van der Waals surface area contributed by atoms with E-state index in [2.05, 4.69) is 10.6 Å². The number of hydrogen-bond donors (Lipinski definition) is 2. The van der Waals surface area contributed by atoms with Crippen molar-refractivity contribution in [2.24, 2.45) is 0 Å². The number of amides is 3. The van der Waals surface area contributed by atoms with Crippen LogP contribution < -0.4 is 20.1 Å². The van der Waals surface area contributed by atoms with Gasteiger partial charge in [-0.25, -0.2) is 0 Å². The van der Waals surface area contributed by atoms with Gasteiger partial charge in [-0.2, -0.15) is 0 Å². The van der Waals surface area contributed by atoms with Gasteiger partial charge in [-0.05, 0) is 35.4 Å². The van der Waals surface area contributed by atoms with E-state index in [1.807, 2.05) is 30.3 Å². The van der Waals surface area contributed by atoms with Gasteiger partial charge in [0, 0.05) is 27.1 Å². The molecule has 0 spiro atoms. The first kappa shape index (κ1) is 25.4. The lowest BCUT2D eigenvalue weighted by molar-refractivity contribution is -0.130. The molecular weight excluding hydrogens is 450 g/mol. The molecule has 0 fully saturated rings. The van der Waals surface area contributed by atoms with Crippen LogP contribution in [0, 0.1) is 0 Å². The second-order valence-corrected chi connectivity index (χ2v) is 7.97. The van der Waals surface area contributed by atoms with Gasteiger partial charge in [0.25, 0.3) is 11.8 Å². The van der Waals surface area contributed by atoms with Gasteiger partial charge in [-0.15, -0.1) is 0 Å². The van der Waals surface area contributed by atoms with E-state index in [1.54, 1.807) is 38.4 Å². The summed E-state index contributed by atoms with van der Waals surface area (Å²) in [5, 5.41) is 5.61. The molecule has 1 unspecified atom stereocenters. The van der Waals surface area contributed by atoms with Crippen LogP contribution >= 0.6 is 0 Å². The number of methoxy groups -OCH3 is 1. The maximum absolute atomic E-state index is 13.0. The molecule has 0 saturated heterocycles. The Balaban J connectivity index is 1.66. The van der Waals surface area contributed by atoms with Gasteiger partial charge < -0.3 is 29.4 Å². The molecule has 0 aliphatic carbocycles. The Labute approximate surface area is 204 Å². The number of likely N-dealkylation sites (N-methyl/N-ethyl adjacent to an activating group) is 1. The maximum Gasteiger partial charge on any atom is 0.287 e. The zero-order valence-electron chi connectivity index (χ0n) is 19.9. The average molecular weight is 480 g/mol. The highest BCUT2D eigenvalue weighted by Gasteiger charge is 2.23. The summed E-state index contributed by atoms with van der Waals surface area (Å²) in [5.41, 5.74) is 1.67. The minimum Gasteiger partial charge on any atom is -0.493 e. The Morgan fingerprint density at radius 2 is 1.74 bits per heavy atom. The number of ether oxygens (including phenoxy) is 2. The fraction of sp³-hybridized carbons (Fsp3) is 0.269. The van der Waals surface area contributed by atoms with Crippen molar-refractivity contribution in [2.45, 2.75) is 19.0 Å². The molecule has 9 nitrogen and oxygen atoms in total. The topological polar surface area (TPSA) is 110 Å². The molecule has 3 rings (SSSR count). The summed E-state index contributed by atoms with van der Waals surface area (Å²) < 4.78 is 16.1. The molecule has 0 aliphatic heterocycles. The van der Waals surface area contributed by atoms with Gasteiger partial charge in [-0.3, -0.25) is 14.4 Å². The third kappa shape index (κ3) is 7.36. The van der Waals surface area contributed by atoms with Crippen LogP contribution in [0.3, 0.4) is 0 Å². The van der Waals surface area contributed by atoms with Crippen molar-refractivity contribution < 1.29 is 28.3 Å². The largest absolute Gasteiger partial charge is 0.493 e. The van der Waals surface area contributed by atoms with Crippen LogP contribution in [0.25, 0.3) is 0 Å². The molecule has 1 atom stereocenters. The number of nitrogens with zero attached hydrogens (tertiary/aromatic N) is 1. The third-order valence-electron chi connectivity index (χ3n) is 5.19. The van der Waals surface area contributed by atoms with E-state index in [1.165, 1.54) is 24.3 Å². The Morgan fingerprint density at radius 3 is 2.40 bits per heavy atom. The van der Waals surface area contributed by atoms with Crippen LogP contribution in [0.2, 0.25) is 0 Å². The average Bonchev–Trinajstić information content (AvgIpc) is 3.41. The predicted octanol–water partition coefficient (Wildman–Crippen LogP) is 2.41. The van der Waals surface area contributed by atoms with Gasteiger partial charge in [0.1, 0.15) is 6.04 Å². The number of rotatable bonds is 11. The molecule has 2 aromatic carbocycles. The van der Waals surface area contributed by atoms with Gasteiger partial charge in [0.2, 0.25) is 5.91 Å². The second-order valence-electron chi connectivity index (χ2n) is 7.97. The third-order valence-corrected chi connectivity index (χ3v) is 5.19. The number of carbonyl (C=O) groups excluding carboxylic acids is 3. The fourth-order valence-electron chi connectivity index (χ4n) is 3.22. The van der Waals surface area contributed by atoms with Crippen molar-refractivity contribution >= 4 is 17.7 Å². The van der Waals surface area contributed by atoms with E-state index in [4.69, 9.17) is 13.9 Å². The first-order chi connectivity index (χ1) is 16.9. The molecule has 2 N–H and O–H groups in total. The number of carbonyl (C=O) groups is 3. The molecule has 0 bridgehead atoms. The van der Waals surface area contributed by atoms with Crippen LogP contribution in [-0.4, -0.2) is 56.5 Å². The minimum absolute atomic E-state index is 0.115. The van der Waals surface area contributed by atoms with E-state index >= 15 is 0 Å². The lowest BCUT2D eigenvalue weighted by Crippen LogP contribution is -2.47. The molecule has 0 aliphatic rings. The molecule has 0 radical (unpaired) electrons. The van der Waals surface area contributed by atoms with E-state index in [9.17, 15) is 14.4 Å². The monoisotopic (exact) mass is 479 g/mol. The normalized spacial score (nSPS) is 11.3.